The molecule has 3 heteroatoms. The van der Waals surface area contributed by atoms with Crippen molar-refractivity contribution in [2.45, 2.75) is 26.3 Å². The van der Waals surface area contributed by atoms with E-state index in [0.717, 1.165) is 5.75 Å². The number of ether oxygens (including phenoxy) is 2. The summed E-state index contributed by atoms with van der Waals surface area (Å²) in [7, 11) is 1.67. The van der Waals surface area contributed by atoms with Gasteiger partial charge in [0.25, 0.3) is 0 Å². The third kappa shape index (κ3) is 3.88. The van der Waals surface area contributed by atoms with Crippen LogP contribution < -0.4 is 9.30 Å². The van der Waals surface area contributed by atoms with Crippen LogP contribution >= 0.6 is 0 Å². The summed E-state index contributed by atoms with van der Waals surface area (Å²) >= 11 is 0. The van der Waals surface area contributed by atoms with Gasteiger partial charge in [0.2, 0.25) is 6.20 Å². The molecule has 0 spiro atoms. The molecule has 0 N–H and O–H groups in total. The van der Waals surface area contributed by atoms with Crippen LogP contribution in [0.2, 0.25) is 0 Å². The van der Waals surface area contributed by atoms with E-state index in [9.17, 15) is 0 Å². The Morgan fingerprint density at radius 1 is 1.27 bits per heavy atom. The minimum Gasteiger partial charge on any atom is -0.485 e. The first-order valence-corrected chi connectivity index (χ1v) is 5.17. The molecule has 15 heavy (non-hydrogen) atoms. The quantitative estimate of drug-likeness (QED) is 0.558. The third-order valence-electron chi connectivity index (χ3n) is 2.10. The molecule has 0 saturated heterocycles. The number of hydrogen-bond acceptors (Lipinski definition) is 2. The van der Waals surface area contributed by atoms with Gasteiger partial charge in [-0.05, 0) is 6.07 Å². The second kappa shape index (κ2) is 5.12. The fraction of sp³-hybridized carbons (Fsp3) is 0.583. The first-order chi connectivity index (χ1) is 7.04. The van der Waals surface area contributed by atoms with Gasteiger partial charge in [-0.2, -0.15) is 4.57 Å². The second-order valence-electron chi connectivity index (χ2n) is 4.46. The van der Waals surface area contributed by atoms with E-state index in [1.165, 1.54) is 0 Å². The summed E-state index contributed by atoms with van der Waals surface area (Å²) in [5.41, 5.74) is 0.0840. The fourth-order valence-corrected chi connectivity index (χ4v) is 1.20. The average molecular weight is 210 g/mol. The molecule has 3 nitrogen and oxygen atoms in total. The zero-order valence-electron chi connectivity index (χ0n) is 9.99. The van der Waals surface area contributed by atoms with Gasteiger partial charge < -0.3 is 9.47 Å². The molecule has 1 heterocycles. The van der Waals surface area contributed by atoms with Crippen LogP contribution in [0.5, 0.6) is 5.75 Å². The highest BCUT2D eigenvalue weighted by molar-refractivity contribution is 5.12. The highest BCUT2D eigenvalue weighted by atomic mass is 16.5. The van der Waals surface area contributed by atoms with Gasteiger partial charge in [0.15, 0.2) is 17.5 Å². The van der Waals surface area contributed by atoms with Gasteiger partial charge in [-0.25, -0.2) is 0 Å². The van der Waals surface area contributed by atoms with Gasteiger partial charge in [0, 0.05) is 33.9 Å². The highest BCUT2D eigenvalue weighted by Crippen LogP contribution is 2.09. The molecule has 1 aromatic heterocycles. The molecule has 0 atom stereocenters. The maximum Gasteiger partial charge on any atom is 0.211 e. The third-order valence-corrected chi connectivity index (χ3v) is 2.10. The molecule has 1 aromatic rings. The van der Waals surface area contributed by atoms with Crippen LogP contribution in [0.15, 0.2) is 24.5 Å². The van der Waals surface area contributed by atoms with Crippen LogP contribution in [-0.4, -0.2) is 20.3 Å². The number of rotatable bonds is 4. The van der Waals surface area contributed by atoms with Crippen molar-refractivity contribution in [2.75, 3.05) is 20.3 Å². The molecule has 0 fully saturated rings. The summed E-state index contributed by atoms with van der Waals surface area (Å²) in [4.78, 5) is 0. The van der Waals surface area contributed by atoms with E-state index < -0.39 is 0 Å². The second-order valence-corrected chi connectivity index (χ2v) is 4.46. The Bertz CT molecular complexity index is 305. The van der Waals surface area contributed by atoms with Gasteiger partial charge >= 0.3 is 0 Å². The zero-order chi connectivity index (χ0) is 11.3. The molecule has 0 saturated carbocycles. The van der Waals surface area contributed by atoms with Crippen LogP contribution in [0.25, 0.3) is 0 Å². The molecule has 0 bridgehead atoms. The lowest BCUT2D eigenvalue weighted by atomic mass is 10.1. The van der Waals surface area contributed by atoms with Crippen LogP contribution in [0.4, 0.5) is 0 Å². The number of aromatic nitrogens is 1. The van der Waals surface area contributed by atoms with Gasteiger partial charge in [0.1, 0.15) is 6.61 Å². The summed E-state index contributed by atoms with van der Waals surface area (Å²) in [6.07, 6.45) is 4.05. The predicted octanol–water partition coefficient (Wildman–Crippen LogP) is 1.75. The number of pyridine rings is 1. The Labute approximate surface area is 91.6 Å². The standard InChI is InChI=1S/C12H20NO2/c1-12(2,3)13-7-5-6-11(10-13)15-9-8-14-4/h5-7,10H,8-9H2,1-4H3/q+1. The number of methoxy groups -OCH3 is 1. The Balaban J connectivity index is 2.66. The van der Waals surface area contributed by atoms with Crippen LogP contribution in [0, 0.1) is 0 Å². The van der Waals surface area contributed by atoms with Crippen molar-refractivity contribution < 1.29 is 14.0 Å². The lowest BCUT2D eigenvalue weighted by molar-refractivity contribution is -0.754. The van der Waals surface area contributed by atoms with Gasteiger partial charge in [-0.3, -0.25) is 0 Å². The number of hydrogen-bond donors (Lipinski definition) is 0. The largest absolute Gasteiger partial charge is 0.485 e. The summed E-state index contributed by atoms with van der Waals surface area (Å²) < 4.78 is 12.6. The molecule has 0 aliphatic heterocycles. The molecular weight excluding hydrogens is 190 g/mol. The molecule has 0 amide bonds. The lowest BCUT2D eigenvalue weighted by Gasteiger charge is -2.13. The maximum absolute atomic E-state index is 5.54. The van der Waals surface area contributed by atoms with Crippen LogP contribution in [0.1, 0.15) is 20.8 Å². The highest BCUT2D eigenvalue weighted by Gasteiger charge is 2.21. The Hall–Kier alpha value is -1.09. The Morgan fingerprint density at radius 3 is 2.60 bits per heavy atom. The van der Waals surface area contributed by atoms with Gasteiger partial charge in [-0.15, -0.1) is 0 Å². The molecule has 0 aromatic carbocycles. The van der Waals surface area contributed by atoms with Crippen molar-refractivity contribution in [3.8, 4) is 5.75 Å². The van der Waals surface area contributed by atoms with E-state index in [-0.39, 0.29) is 5.54 Å². The SMILES string of the molecule is COCCOc1ccc[n+](C(C)(C)C)c1. The van der Waals surface area contributed by atoms with Crippen molar-refractivity contribution >= 4 is 0 Å². The molecule has 0 radical (unpaired) electrons. The van der Waals surface area contributed by atoms with Crippen molar-refractivity contribution in [1.82, 2.24) is 0 Å². The van der Waals surface area contributed by atoms with E-state index in [1.54, 1.807) is 7.11 Å². The minimum absolute atomic E-state index is 0.0840. The average Bonchev–Trinajstić information content (AvgIpc) is 2.17. The van der Waals surface area contributed by atoms with Crippen molar-refractivity contribution in [3.05, 3.63) is 24.5 Å². The Kier molecular flexibility index (Phi) is 4.09. The fourth-order valence-electron chi connectivity index (χ4n) is 1.20. The molecule has 0 unspecified atom stereocenters. The monoisotopic (exact) mass is 210 g/mol. The predicted molar refractivity (Wildman–Crippen MR) is 59.0 cm³/mol. The van der Waals surface area contributed by atoms with Crippen molar-refractivity contribution in [3.63, 3.8) is 0 Å². The van der Waals surface area contributed by atoms with E-state index in [4.69, 9.17) is 9.47 Å². The van der Waals surface area contributed by atoms with Crippen molar-refractivity contribution in [1.29, 1.82) is 0 Å². The van der Waals surface area contributed by atoms with E-state index in [1.807, 2.05) is 24.5 Å². The summed E-state index contributed by atoms with van der Waals surface area (Å²) in [6, 6.07) is 3.95. The molecular formula is C12H20NO2+. The first kappa shape index (κ1) is 12.0. The van der Waals surface area contributed by atoms with Crippen molar-refractivity contribution in [2.24, 2.45) is 0 Å². The minimum atomic E-state index is 0.0840. The van der Waals surface area contributed by atoms with Crippen LogP contribution in [0.3, 0.4) is 0 Å². The molecule has 1 rings (SSSR count). The van der Waals surface area contributed by atoms with E-state index in [2.05, 4.69) is 25.3 Å². The van der Waals surface area contributed by atoms with Gasteiger partial charge in [0.05, 0.1) is 6.61 Å². The first-order valence-electron chi connectivity index (χ1n) is 5.17. The Morgan fingerprint density at radius 2 is 2.00 bits per heavy atom. The van der Waals surface area contributed by atoms with E-state index in [0.29, 0.717) is 13.2 Å². The summed E-state index contributed by atoms with van der Waals surface area (Å²) in [5.74, 6) is 0.879. The van der Waals surface area contributed by atoms with E-state index >= 15 is 0 Å². The smallest absolute Gasteiger partial charge is 0.211 e. The summed E-state index contributed by atoms with van der Waals surface area (Å²) in [5, 5.41) is 0. The van der Waals surface area contributed by atoms with Crippen LogP contribution in [-0.2, 0) is 10.3 Å². The zero-order valence-corrected chi connectivity index (χ0v) is 9.99. The number of nitrogens with zero attached hydrogens (tertiary/aromatic N) is 1. The normalized spacial score (nSPS) is 11.5. The lowest BCUT2D eigenvalue weighted by Crippen LogP contribution is -2.49. The van der Waals surface area contributed by atoms with Gasteiger partial charge in [-0.1, -0.05) is 0 Å². The maximum atomic E-state index is 5.54. The molecule has 84 valence electrons. The topological polar surface area (TPSA) is 22.3 Å². The summed E-state index contributed by atoms with van der Waals surface area (Å²) in [6.45, 7) is 7.68. The molecule has 0 aliphatic carbocycles. The molecule has 0 aliphatic rings.